The van der Waals surface area contributed by atoms with E-state index in [1.165, 1.54) is 19.4 Å². The summed E-state index contributed by atoms with van der Waals surface area (Å²) in [6.45, 7) is -0.128. The van der Waals surface area contributed by atoms with Crippen molar-refractivity contribution in [2.45, 2.75) is 17.8 Å². The van der Waals surface area contributed by atoms with E-state index in [4.69, 9.17) is 4.42 Å². The number of ether oxygens (including phenoxy) is 1. The second-order valence-corrected chi connectivity index (χ2v) is 7.41. The number of sulfonamides is 1. The van der Waals surface area contributed by atoms with Gasteiger partial charge in [-0.3, -0.25) is 0 Å². The Morgan fingerprint density at radius 1 is 1.30 bits per heavy atom. The van der Waals surface area contributed by atoms with Gasteiger partial charge in [0.15, 0.2) is 5.75 Å². The van der Waals surface area contributed by atoms with Crippen molar-refractivity contribution >= 4 is 26.0 Å². The molecule has 0 atom stereocenters. The maximum atomic E-state index is 12.5. The fourth-order valence-electron chi connectivity index (χ4n) is 1.77. The molecule has 0 amide bonds. The summed E-state index contributed by atoms with van der Waals surface area (Å²) in [6.07, 6.45) is -3.64. The summed E-state index contributed by atoms with van der Waals surface area (Å²) in [5.74, 6) is -0.454. The monoisotopic (exact) mass is 413 g/mol. The molecular weight excluding hydrogens is 403 g/mol. The fraction of sp³-hybridized carbons (Fsp3) is 0.231. The Hall–Kier alpha value is -1.52. The molecule has 0 aliphatic carbocycles. The lowest BCUT2D eigenvalue weighted by atomic mass is 10.3. The van der Waals surface area contributed by atoms with Crippen molar-refractivity contribution in [3.63, 3.8) is 0 Å². The van der Waals surface area contributed by atoms with Crippen molar-refractivity contribution in [3.05, 3.63) is 46.8 Å². The molecule has 0 saturated carbocycles. The van der Waals surface area contributed by atoms with Gasteiger partial charge in [0.05, 0.1) is 12.8 Å². The highest BCUT2D eigenvalue weighted by Gasteiger charge is 2.35. The van der Waals surface area contributed by atoms with Crippen LogP contribution in [0.15, 0.2) is 50.4 Å². The Kier molecular flexibility index (Phi) is 5.07. The van der Waals surface area contributed by atoms with Gasteiger partial charge in [0.25, 0.3) is 0 Å². The average Bonchev–Trinajstić information content (AvgIpc) is 2.89. The minimum Gasteiger partial charge on any atom is -0.468 e. The van der Waals surface area contributed by atoms with Crippen LogP contribution in [0, 0.1) is 0 Å². The summed E-state index contributed by atoms with van der Waals surface area (Å²) in [5, 5.41) is 0. The number of nitrogens with zero attached hydrogens (tertiary/aromatic N) is 1. The number of alkyl halides is 3. The largest absolute Gasteiger partial charge is 0.573 e. The Morgan fingerprint density at radius 3 is 2.57 bits per heavy atom. The fourth-order valence-corrected chi connectivity index (χ4v) is 3.34. The van der Waals surface area contributed by atoms with Crippen molar-refractivity contribution < 1.29 is 30.7 Å². The lowest BCUT2D eigenvalue weighted by Gasteiger charge is -2.19. The minimum absolute atomic E-state index is 0.128. The molecule has 5 nitrogen and oxygen atoms in total. The van der Waals surface area contributed by atoms with E-state index in [0.29, 0.717) is 5.76 Å². The molecular formula is C13H11BrF3NO4S. The molecule has 10 heteroatoms. The predicted molar refractivity (Wildman–Crippen MR) is 78.2 cm³/mol. The van der Waals surface area contributed by atoms with Gasteiger partial charge in [-0.05, 0) is 30.3 Å². The van der Waals surface area contributed by atoms with Gasteiger partial charge in [0, 0.05) is 11.5 Å². The zero-order valence-corrected chi connectivity index (χ0v) is 14.1. The molecule has 0 unspecified atom stereocenters. The molecule has 0 aliphatic heterocycles. The number of halogens is 4. The van der Waals surface area contributed by atoms with Gasteiger partial charge in [-0.1, -0.05) is 15.9 Å². The molecule has 2 aromatic rings. The molecule has 23 heavy (non-hydrogen) atoms. The second-order valence-electron chi connectivity index (χ2n) is 4.48. The molecule has 2 rings (SSSR count). The first kappa shape index (κ1) is 17.8. The highest BCUT2D eigenvalue weighted by Crippen LogP contribution is 2.33. The number of furan rings is 1. The van der Waals surface area contributed by atoms with E-state index in [2.05, 4.69) is 20.7 Å². The third-order valence-electron chi connectivity index (χ3n) is 2.78. The van der Waals surface area contributed by atoms with Crippen molar-refractivity contribution in [1.82, 2.24) is 4.31 Å². The van der Waals surface area contributed by atoms with E-state index >= 15 is 0 Å². The first-order chi connectivity index (χ1) is 10.6. The summed E-state index contributed by atoms with van der Waals surface area (Å²) in [6, 6.07) is 6.44. The Labute approximate surface area is 138 Å². The first-order valence-electron chi connectivity index (χ1n) is 6.13. The standard InChI is InChI=1S/C13H11BrF3NO4S/c1-18(8-10-3-2-6-21-10)23(19,20)12-5-4-9(14)7-11(12)22-13(15,16)17/h2-7H,8H2,1H3. The second kappa shape index (κ2) is 6.54. The summed E-state index contributed by atoms with van der Waals surface area (Å²) in [4.78, 5) is -0.591. The third-order valence-corrected chi connectivity index (χ3v) is 5.11. The zero-order chi connectivity index (χ0) is 17.3. The molecule has 1 aromatic heterocycles. The first-order valence-corrected chi connectivity index (χ1v) is 8.37. The van der Waals surface area contributed by atoms with Crippen LogP contribution in [0.3, 0.4) is 0 Å². The highest BCUT2D eigenvalue weighted by atomic mass is 79.9. The van der Waals surface area contributed by atoms with Crippen LogP contribution in [-0.2, 0) is 16.6 Å². The lowest BCUT2D eigenvalue weighted by Crippen LogP contribution is -2.28. The molecule has 0 fully saturated rings. The van der Waals surface area contributed by atoms with Crippen LogP contribution in [-0.4, -0.2) is 26.1 Å². The number of hydrogen-bond donors (Lipinski definition) is 0. The van der Waals surface area contributed by atoms with Crippen molar-refractivity contribution in [3.8, 4) is 5.75 Å². The number of rotatable bonds is 5. The van der Waals surface area contributed by atoms with Gasteiger partial charge in [0.2, 0.25) is 10.0 Å². The molecule has 0 aliphatic rings. The smallest absolute Gasteiger partial charge is 0.468 e. The molecule has 0 radical (unpaired) electrons. The van der Waals surface area contributed by atoms with Gasteiger partial charge >= 0.3 is 6.36 Å². The van der Waals surface area contributed by atoms with Crippen LogP contribution < -0.4 is 4.74 Å². The van der Waals surface area contributed by atoms with Gasteiger partial charge < -0.3 is 9.15 Å². The van der Waals surface area contributed by atoms with Gasteiger partial charge in [-0.2, -0.15) is 4.31 Å². The van der Waals surface area contributed by atoms with E-state index in [1.807, 2.05) is 0 Å². The summed E-state index contributed by atoms with van der Waals surface area (Å²) in [7, 11) is -2.97. The van der Waals surface area contributed by atoms with Gasteiger partial charge in [-0.25, -0.2) is 8.42 Å². The van der Waals surface area contributed by atoms with Gasteiger partial charge in [0.1, 0.15) is 10.7 Å². The van der Waals surface area contributed by atoms with Crippen molar-refractivity contribution in [2.24, 2.45) is 0 Å². The molecule has 126 valence electrons. The minimum atomic E-state index is -5.01. The van der Waals surface area contributed by atoms with Crippen LogP contribution in [0.4, 0.5) is 13.2 Å². The van der Waals surface area contributed by atoms with Crippen LogP contribution in [0.5, 0.6) is 5.75 Å². The predicted octanol–water partition coefficient (Wildman–Crippen LogP) is 3.76. The lowest BCUT2D eigenvalue weighted by molar-refractivity contribution is -0.275. The number of hydrogen-bond acceptors (Lipinski definition) is 4. The van der Waals surface area contributed by atoms with Crippen LogP contribution in [0.25, 0.3) is 0 Å². The van der Waals surface area contributed by atoms with E-state index in [1.54, 1.807) is 12.1 Å². The Bertz CT molecular complexity index is 775. The third kappa shape index (κ3) is 4.49. The normalized spacial score (nSPS) is 12.6. The van der Waals surface area contributed by atoms with Crippen molar-refractivity contribution in [1.29, 1.82) is 0 Å². The quantitative estimate of drug-likeness (QED) is 0.748. The maximum Gasteiger partial charge on any atom is 0.573 e. The van der Waals surface area contributed by atoms with E-state index in [0.717, 1.165) is 16.4 Å². The summed E-state index contributed by atoms with van der Waals surface area (Å²) >= 11 is 2.99. The summed E-state index contributed by atoms with van der Waals surface area (Å²) < 4.78 is 72.4. The maximum absolute atomic E-state index is 12.5. The molecule has 1 heterocycles. The van der Waals surface area contributed by atoms with E-state index < -0.39 is 27.0 Å². The van der Waals surface area contributed by atoms with Gasteiger partial charge in [-0.15, -0.1) is 13.2 Å². The van der Waals surface area contributed by atoms with Crippen LogP contribution >= 0.6 is 15.9 Å². The Balaban J connectivity index is 2.38. The van der Waals surface area contributed by atoms with Crippen LogP contribution in [0.1, 0.15) is 5.76 Å². The SMILES string of the molecule is CN(Cc1ccco1)S(=O)(=O)c1ccc(Br)cc1OC(F)(F)F. The molecule has 0 spiro atoms. The molecule has 0 bridgehead atoms. The highest BCUT2D eigenvalue weighted by molar-refractivity contribution is 9.10. The Morgan fingerprint density at radius 2 is 2.00 bits per heavy atom. The average molecular weight is 414 g/mol. The molecule has 0 saturated heterocycles. The zero-order valence-electron chi connectivity index (χ0n) is 11.7. The number of benzene rings is 1. The van der Waals surface area contributed by atoms with E-state index in [-0.39, 0.29) is 11.0 Å². The van der Waals surface area contributed by atoms with Crippen LogP contribution in [0.2, 0.25) is 0 Å². The topological polar surface area (TPSA) is 59.8 Å². The molecule has 0 N–H and O–H groups in total. The van der Waals surface area contributed by atoms with E-state index in [9.17, 15) is 21.6 Å². The summed E-state index contributed by atoms with van der Waals surface area (Å²) in [5.41, 5.74) is 0. The van der Waals surface area contributed by atoms with Crippen molar-refractivity contribution in [2.75, 3.05) is 7.05 Å². The molecule has 1 aromatic carbocycles.